The van der Waals surface area contributed by atoms with Crippen molar-refractivity contribution in [3.05, 3.63) is 55.6 Å². The topological polar surface area (TPSA) is 26.0 Å². The van der Waals surface area contributed by atoms with Crippen molar-refractivity contribution in [2.45, 2.75) is 11.7 Å². The van der Waals surface area contributed by atoms with Crippen molar-refractivity contribution in [1.29, 1.82) is 0 Å². The Morgan fingerprint density at radius 2 is 1.93 bits per heavy atom. The molecule has 2 heteroatoms. The number of hydrogen-bond donors (Lipinski definition) is 1. The second kappa shape index (κ2) is 5.57. The number of nitrogens with two attached hydrogens (primary N) is 1. The van der Waals surface area contributed by atoms with Gasteiger partial charge in [0.05, 0.1) is 0 Å². The largest absolute Gasteiger partial charge is 0.327 e. The van der Waals surface area contributed by atoms with E-state index in [1.54, 1.807) is 0 Å². The third-order valence-corrected chi connectivity index (χ3v) is 5.01. The van der Waals surface area contributed by atoms with Gasteiger partial charge in [-0.05, 0) is 6.04 Å². The molecule has 2 N–H and O–H groups in total. The predicted octanol–water partition coefficient (Wildman–Crippen LogP) is 1.63. The number of allylic oxidation sites excluding steroid dienone is 1. The summed E-state index contributed by atoms with van der Waals surface area (Å²) in [4.78, 5) is 0. The lowest BCUT2D eigenvalue weighted by Gasteiger charge is -2.17. The van der Waals surface area contributed by atoms with Crippen LogP contribution in [0.3, 0.4) is 0 Å². The number of rotatable bonds is 5. The van der Waals surface area contributed by atoms with Gasteiger partial charge in [0.25, 0.3) is 0 Å². The van der Waals surface area contributed by atoms with Gasteiger partial charge in [-0.3, -0.25) is 0 Å². The number of hydrogen-bond acceptors (Lipinski definition) is 1. The fourth-order valence-electron chi connectivity index (χ4n) is 1.40. The molecule has 73 valence electrons. The van der Waals surface area contributed by atoms with Crippen LogP contribution in [0.2, 0.25) is 6.04 Å². The summed E-state index contributed by atoms with van der Waals surface area (Å²) in [5.74, 6) is 0. The SMILES string of the molecule is C=CC[Si](c1ccccc1)C(N)C=C. The van der Waals surface area contributed by atoms with E-state index in [4.69, 9.17) is 5.73 Å². The van der Waals surface area contributed by atoms with E-state index < -0.39 is 8.80 Å². The van der Waals surface area contributed by atoms with Gasteiger partial charge in [-0.1, -0.05) is 47.7 Å². The van der Waals surface area contributed by atoms with Gasteiger partial charge in [0.15, 0.2) is 0 Å². The smallest absolute Gasteiger partial charge is 0.113 e. The zero-order chi connectivity index (χ0) is 10.4. The van der Waals surface area contributed by atoms with Crippen LogP contribution < -0.4 is 10.9 Å². The molecule has 0 saturated carbocycles. The summed E-state index contributed by atoms with van der Waals surface area (Å²) in [5.41, 5.74) is 6.11. The first-order chi connectivity index (χ1) is 6.79. The number of benzene rings is 1. The van der Waals surface area contributed by atoms with Gasteiger partial charge in [-0.15, -0.1) is 13.2 Å². The summed E-state index contributed by atoms with van der Waals surface area (Å²) >= 11 is 0. The Bertz CT molecular complexity index is 294. The first kappa shape index (κ1) is 11.0. The standard InChI is InChI=1S/C12H16NSi/c1-3-10-14(12(13)4-2)11-8-6-5-7-9-11/h3-9,12H,1-2,10,13H2. The maximum Gasteiger partial charge on any atom is 0.113 e. The molecular formula is C12H16NSi. The lowest BCUT2D eigenvalue weighted by atomic mass is 10.4. The average Bonchev–Trinajstić information content (AvgIpc) is 2.26. The quantitative estimate of drug-likeness (QED) is 0.570. The summed E-state index contributed by atoms with van der Waals surface area (Å²) in [6, 6.07) is 11.4. The minimum atomic E-state index is -0.760. The van der Waals surface area contributed by atoms with Crippen molar-refractivity contribution < 1.29 is 0 Å². The highest BCUT2D eigenvalue weighted by Gasteiger charge is 2.17. The molecule has 0 heterocycles. The van der Waals surface area contributed by atoms with Crippen LogP contribution in [0.5, 0.6) is 0 Å². The maximum atomic E-state index is 6.01. The van der Waals surface area contributed by atoms with Gasteiger partial charge in [0.2, 0.25) is 0 Å². The van der Waals surface area contributed by atoms with Gasteiger partial charge in [0, 0.05) is 5.67 Å². The molecule has 1 aromatic carbocycles. The Balaban J connectivity index is 2.87. The Labute approximate surface area is 87.6 Å². The van der Waals surface area contributed by atoms with E-state index >= 15 is 0 Å². The van der Waals surface area contributed by atoms with Crippen LogP contribution in [0.15, 0.2) is 55.6 Å². The van der Waals surface area contributed by atoms with Crippen LogP contribution in [0, 0.1) is 0 Å². The zero-order valence-electron chi connectivity index (χ0n) is 8.32. The van der Waals surface area contributed by atoms with Gasteiger partial charge >= 0.3 is 0 Å². The van der Waals surface area contributed by atoms with Crippen LogP contribution >= 0.6 is 0 Å². The normalized spacial score (nSPS) is 12.4. The van der Waals surface area contributed by atoms with E-state index in [1.807, 2.05) is 18.2 Å². The van der Waals surface area contributed by atoms with Gasteiger partial charge in [0.1, 0.15) is 8.80 Å². The Morgan fingerprint density at radius 3 is 2.43 bits per heavy atom. The zero-order valence-corrected chi connectivity index (χ0v) is 9.32. The summed E-state index contributed by atoms with van der Waals surface area (Å²) in [5, 5.41) is 1.35. The lowest BCUT2D eigenvalue weighted by molar-refractivity contribution is 1.11. The highest BCUT2D eigenvalue weighted by molar-refractivity contribution is 6.75. The second-order valence-corrected chi connectivity index (χ2v) is 5.85. The molecular weight excluding hydrogens is 186 g/mol. The minimum absolute atomic E-state index is 0.0976. The van der Waals surface area contributed by atoms with E-state index in [-0.39, 0.29) is 5.67 Å². The van der Waals surface area contributed by atoms with Crippen molar-refractivity contribution >= 4 is 14.0 Å². The molecule has 1 radical (unpaired) electrons. The molecule has 0 aromatic heterocycles. The van der Waals surface area contributed by atoms with Gasteiger partial charge in [-0.25, -0.2) is 0 Å². The van der Waals surface area contributed by atoms with Crippen molar-refractivity contribution in [1.82, 2.24) is 0 Å². The van der Waals surface area contributed by atoms with Gasteiger partial charge in [-0.2, -0.15) is 0 Å². The van der Waals surface area contributed by atoms with Crippen molar-refractivity contribution in [3.8, 4) is 0 Å². The van der Waals surface area contributed by atoms with Crippen molar-refractivity contribution in [3.63, 3.8) is 0 Å². The minimum Gasteiger partial charge on any atom is -0.327 e. The predicted molar refractivity (Wildman–Crippen MR) is 65.0 cm³/mol. The molecule has 0 spiro atoms. The van der Waals surface area contributed by atoms with E-state index in [2.05, 4.69) is 37.4 Å². The highest BCUT2D eigenvalue weighted by Crippen LogP contribution is 2.00. The van der Waals surface area contributed by atoms with Crippen LogP contribution in [0.4, 0.5) is 0 Å². The molecule has 1 rings (SSSR count). The van der Waals surface area contributed by atoms with E-state index in [0.717, 1.165) is 6.04 Å². The van der Waals surface area contributed by atoms with Crippen LogP contribution in [0.1, 0.15) is 0 Å². The first-order valence-electron chi connectivity index (χ1n) is 4.69. The van der Waals surface area contributed by atoms with Gasteiger partial charge < -0.3 is 5.73 Å². The Kier molecular flexibility index (Phi) is 4.36. The van der Waals surface area contributed by atoms with E-state index in [0.29, 0.717) is 0 Å². The molecule has 0 aliphatic carbocycles. The molecule has 14 heavy (non-hydrogen) atoms. The molecule has 1 nitrogen and oxygen atoms in total. The first-order valence-corrected chi connectivity index (χ1v) is 6.48. The van der Waals surface area contributed by atoms with Crippen LogP contribution in [-0.4, -0.2) is 14.5 Å². The Morgan fingerprint density at radius 1 is 1.29 bits per heavy atom. The molecule has 0 aliphatic rings. The third-order valence-electron chi connectivity index (χ3n) is 2.17. The van der Waals surface area contributed by atoms with Crippen LogP contribution in [-0.2, 0) is 0 Å². The Hall–Kier alpha value is -1.12. The van der Waals surface area contributed by atoms with Crippen molar-refractivity contribution in [2.75, 3.05) is 0 Å². The highest BCUT2D eigenvalue weighted by atomic mass is 28.3. The molecule has 1 unspecified atom stereocenters. The summed E-state index contributed by atoms with van der Waals surface area (Å²) in [6.45, 7) is 7.53. The monoisotopic (exact) mass is 202 g/mol. The summed E-state index contributed by atoms with van der Waals surface area (Å²) in [6.07, 6.45) is 3.79. The van der Waals surface area contributed by atoms with Crippen LogP contribution in [0.25, 0.3) is 0 Å². The lowest BCUT2D eigenvalue weighted by Crippen LogP contribution is -2.45. The molecule has 0 aliphatic heterocycles. The molecule has 1 aromatic rings. The average molecular weight is 202 g/mol. The third kappa shape index (κ3) is 2.69. The molecule has 0 saturated heterocycles. The molecule has 0 amide bonds. The fourth-order valence-corrected chi connectivity index (χ4v) is 3.51. The maximum absolute atomic E-state index is 6.01. The molecule has 0 bridgehead atoms. The summed E-state index contributed by atoms with van der Waals surface area (Å²) < 4.78 is 0. The van der Waals surface area contributed by atoms with Crippen molar-refractivity contribution in [2.24, 2.45) is 5.73 Å². The fraction of sp³-hybridized carbons (Fsp3) is 0.167. The van der Waals surface area contributed by atoms with E-state index in [9.17, 15) is 0 Å². The molecule has 0 fully saturated rings. The van der Waals surface area contributed by atoms with E-state index in [1.165, 1.54) is 5.19 Å². The second-order valence-electron chi connectivity index (χ2n) is 3.15. The molecule has 1 atom stereocenters. The summed E-state index contributed by atoms with van der Waals surface area (Å²) in [7, 11) is -0.760.